The molecule has 1 unspecified atom stereocenters. The van der Waals surface area contributed by atoms with Crippen LogP contribution >= 0.6 is 24.0 Å². The SMILES string of the molecule is CCNC(=NCCCOC(C)c1ccccc1)NCCCN(C)S(=O)(=O)CC.I. The molecule has 0 saturated carbocycles. The van der Waals surface area contributed by atoms with Crippen LogP contribution in [0, 0.1) is 0 Å². The summed E-state index contributed by atoms with van der Waals surface area (Å²) in [6.07, 6.45) is 1.64. The highest BCUT2D eigenvalue weighted by atomic mass is 127. The number of sulfonamides is 1. The Morgan fingerprint density at radius 3 is 2.48 bits per heavy atom. The highest BCUT2D eigenvalue weighted by Gasteiger charge is 2.13. The van der Waals surface area contributed by atoms with Gasteiger partial charge in [-0.3, -0.25) is 4.99 Å². The topological polar surface area (TPSA) is 83.0 Å². The van der Waals surface area contributed by atoms with Gasteiger partial charge in [-0.25, -0.2) is 12.7 Å². The van der Waals surface area contributed by atoms with Crippen molar-refractivity contribution in [2.24, 2.45) is 4.99 Å². The smallest absolute Gasteiger partial charge is 0.213 e. The van der Waals surface area contributed by atoms with Gasteiger partial charge in [0.1, 0.15) is 0 Å². The van der Waals surface area contributed by atoms with Crippen LogP contribution in [0.2, 0.25) is 0 Å². The standard InChI is InChI=1S/C20H36N4O3S.HI/c1-5-21-20(22-14-10-16-24(4)28(25,26)6-2)23-15-11-17-27-18(3)19-12-8-7-9-13-19;/h7-9,12-13,18H,5-6,10-11,14-17H2,1-4H3,(H2,21,22,23);1H. The minimum atomic E-state index is -3.11. The van der Waals surface area contributed by atoms with Crippen LogP contribution in [-0.4, -0.2) is 64.3 Å². The summed E-state index contributed by atoms with van der Waals surface area (Å²) >= 11 is 0. The second-order valence-electron chi connectivity index (χ2n) is 6.54. The quantitative estimate of drug-likeness (QED) is 0.174. The molecule has 9 heteroatoms. The monoisotopic (exact) mass is 540 g/mol. The molecule has 0 bridgehead atoms. The van der Waals surface area contributed by atoms with Crippen LogP contribution in [0.1, 0.15) is 45.3 Å². The van der Waals surface area contributed by atoms with Crippen molar-refractivity contribution in [3.63, 3.8) is 0 Å². The summed E-state index contributed by atoms with van der Waals surface area (Å²) in [5.41, 5.74) is 1.18. The lowest BCUT2D eigenvalue weighted by Gasteiger charge is -2.17. The molecule has 0 radical (unpaired) electrons. The number of benzene rings is 1. The third-order valence-electron chi connectivity index (χ3n) is 4.34. The Kier molecular flexibility index (Phi) is 15.4. The van der Waals surface area contributed by atoms with Crippen LogP contribution in [0.25, 0.3) is 0 Å². The Labute approximate surface area is 193 Å². The Morgan fingerprint density at radius 1 is 1.17 bits per heavy atom. The van der Waals surface area contributed by atoms with Crippen LogP contribution in [-0.2, 0) is 14.8 Å². The summed E-state index contributed by atoms with van der Waals surface area (Å²) in [7, 11) is -1.49. The summed E-state index contributed by atoms with van der Waals surface area (Å²) in [5, 5.41) is 6.45. The molecule has 1 rings (SSSR count). The fraction of sp³-hybridized carbons (Fsp3) is 0.650. The van der Waals surface area contributed by atoms with Crippen molar-refractivity contribution in [3.8, 4) is 0 Å². The fourth-order valence-corrected chi connectivity index (χ4v) is 3.39. The van der Waals surface area contributed by atoms with Gasteiger partial charge in [0.2, 0.25) is 10.0 Å². The van der Waals surface area contributed by atoms with E-state index in [1.165, 1.54) is 9.87 Å². The van der Waals surface area contributed by atoms with Gasteiger partial charge in [0.15, 0.2) is 5.96 Å². The molecular formula is C20H37IN4O3S. The third kappa shape index (κ3) is 11.8. The molecule has 29 heavy (non-hydrogen) atoms. The van der Waals surface area contributed by atoms with E-state index in [1.807, 2.05) is 25.1 Å². The molecule has 0 amide bonds. The van der Waals surface area contributed by atoms with Gasteiger partial charge < -0.3 is 15.4 Å². The van der Waals surface area contributed by atoms with Crippen molar-refractivity contribution < 1.29 is 13.2 Å². The molecule has 0 fully saturated rings. The Bertz CT molecular complexity index is 672. The lowest BCUT2D eigenvalue weighted by atomic mass is 10.1. The molecule has 0 aromatic heterocycles. The molecule has 0 aliphatic rings. The molecule has 168 valence electrons. The maximum atomic E-state index is 11.7. The van der Waals surface area contributed by atoms with Gasteiger partial charge in [-0.05, 0) is 39.2 Å². The van der Waals surface area contributed by atoms with Gasteiger partial charge in [0, 0.05) is 39.8 Å². The number of halogens is 1. The number of guanidine groups is 1. The second kappa shape index (κ2) is 15.9. The molecule has 1 atom stereocenters. The zero-order valence-electron chi connectivity index (χ0n) is 18.1. The molecule has 0 heterocycles. The van der Waals surface area contributed by atoms with E-state index in [0.717, 1.165) is 25.3 Å². The lowest BCUT2D eigenvalue weighted by Crippen LogP contribution is -2.39. The summed E-state index contributed by atoms with van der Waals surface area (Å²) in [5.74, 6) is 0.881. The van der Waals surface area contributed by atoms with Crippen molar-refractivity contribution >= 4 is 40.0 Å². The third-order valence-corrected chi connectivity index (χ3v) is 6.20. The largest absolute Gasteiger partial charge is 0.374 e. The maximum absolute atomic E-state index is 11.7. The van der Waals surface area contributed by atoms with Crippen molar-refractivity contribution in [1.29, 1.82) is 0 Å². The summed E-state index contributed by atoms with van der Waals surface area (Å²) in [4.78, 5) is 4.55. The van der Waals surface area contributed by atoms with Gasteiger partial charge in [0.05, 0.1) is 11.9 Å². The van der Waals surface area contributed by atoms with Crippen molar-refractivity contribution in [2.75, 3.05) is 45.6 Å². The van der Waals surface area contributed by atoms with E-state index in [0.29, 0.717) is 26.2 Å². The normalized spacial score (nSPS) is 13.1. The van der Waals surface area contributed by atoms with E-state index in [-0.39, 0.29) is 35.8 Å². The highest BCUT2D eigenvalue weighted by Crippen LogP contribution is 2.15. The molecule has 1 aromatic rings. The number of nitrogens with one attached hydrogen (secondary N) is 2. The molecule has 0 aliphatic carbocycles. The van der Waals surface area contributed by atoms with E-state index in [1.54, 1.807) is 14.0 Å². The summed E-state index contributed by atoms with van der Waals surface area (Å²) in [6, 6.07) is 10.2. The molecular weight excluding hydrogens is 503 g/mol. The van der Waals surface area contributed by atoms with Gasteiger partial charge in [0.25, 0.3) is 0 Å². The average Bonchev–Trinajstić information content (AvgIpc) is 2.70. The van der Waals surface area contributed by atoms with Crippen molar-refractivity contribution in [3.05, 3.63) is 35.9 Å². The Morgan fingerprint density at radius 2 is 1.86 bits per heavy atom. The Hall–Kier alpha value is -0.910. The van der Waals surface area contributed by atoms with Crippen LogP contribution in [0.3, 0.4) is 0 Å². The number of hydrogen-bond donors (Lipinski definition) is 2. The molecule has 1 aromatic carbocycles. The first kappa shape index (κ1) is 28.1. The zero-order chi connectivity index (χ0) is 20.8. The lowest BCUT2D eigenvalue weighted by molar-refractivity contribution is 0.0652. The fourth-order valence-electron chi connectivity index (χ4n) is 2.55. The number of rotatable bonds is 13. The molecule has 0 aliphatic heterocycles. The van der Waals surface area contributed by atoms with E-state index in [9.17, 15) is 8.42 Å². The zero-order valence-corrected chi connectivity index (χ0v) is 21.2. The van der Waals surface area contributed by atoms with Gasteiger partial charge >= 0.3 is 0 Å². The van der Waals surface area contributed by atoms with Crippen LogP contribution in [0.5, 0.6) is 0 Å². The van der Waals surface area contributed by atoms with E-state index in [4.69, 9.17) is 4.74 Å². The molecule has 2 N–H and O–H groups in total. The van der Waals surface area contributed by atoms with Gasteiger partial charge in [-0.1, -0.05) is 30.3 Å². The minimum absolute atomic E-state index is 0. The number of hydrogen-bond acceptors (Lipinski definition) is 4. The molecule has 0 saturated heterocycles. The Balaban J connectivity index is 0.00000784. The predicted octanol–water partition coefficient (Wildman–Crippen LogP) is 3.00. The summed E-state index contributed by atoms with van der Waals surface area (Å²) in [6.45, 7) is 8.98. The summed E-state index contributed by atoms with van der Waals surface area (Å²) < 4.78 is 30.7. The van der Waals surface area contributed by atoms with Crippen LogP contribution in [0.4, 0.5) is 0 Å². The van der Waals surface area contributed by atoms with E-state index < -0.39 is 10.0 Å². The number of aliphatic imine (C=N–C) groups is 1. The van der Waals surface area contributed by atoms with Gasteiger partial charge in [-0.15, -0.1) is 24.0 Å². The van der Waals surface area contributed by atoms with Crippen LogP contribution in [0.15, 0.2) is 35.3 Å². The minimum Gasteiger partial charge on any atom is -0.374 e. The van der Waals surface area contributed by atoms with Crippen molar-refractivity contribution in [2.45, 2.75) is 39.7 Å². The maximum Gasteiger partial charge on any atom is 0.213 e. The highest BCUT2D eigenvalue weighted by molar-refractivity contribution is 14.0. The first-order valence-corrected chi connectivity index (χ1v) is 11.6. The first-order valence-electron chi connectivity index (χ1n) is 10.0. The second-order valence-corrected chi connectivity index (χ2v) is 8.90. The van der Waals surface area contributed by atoms with Gasteiger partial charge in [-0.2, -0.15) is 0 Å². The first-order chi connectivity index (χ1) is 13.4. The predicted molar refractivity (Wildman–Crippen MR) is 132 cm³/mol. The number of nitrogens with zero attached hydrogens (tertiary/aromatic N) is 2. The van der Waals surface area contributed by atoms with Crippen molar-refractivity contribution in [1.82, 2.24) is 14.9 Å². The van der Waals surface area contributed by atoms with Crippen LogP contribution < -0.4 is 10.6 Å². The molecule has 0 spiro atoms. The molecule has 7 nitrogen and oxygen atoms in total. The van der Waals surface area contributed by atoms with E-state index in [2.05, 4.69) is 34.7 Å². The average molecular weight is 541 g/mol. The number of ether oxygens (including phenoxy) is 1. The van der Waals surface area contributed by atoms with E-state index >= 15 is 0 Å².